The number of methoxy groups -OCH3 is 1. The number of rotatable bonds is 5. The van der Waals surface area contributed by atoms with Gasteiger partial charge in [-0.1, -0.05) is 6.08 Å². The van der Waals surface area contributed by atoms with Crippen LogP contribution in [-0.2, 0) is 0 Å². The molecular weight excluding hydrogens is 176 g/mol. The van der Waals surface area contributed by atoms with Crippen molar-refractivity contribution >= 4 is 0 Å². The van der Waals surface area contributed by atoms with Crippen molar-refractivity contribution in [1.82, 2.24) is 0 Å². The predicted octanol–water partition coefficient (Wildman–Crippen LogP) is 2.96. The Bertz CT molecular complexity index is 305. The molecule has 0 heterocycles. The molecule has 0 aliphatic heterocycles. The van der Waals surface area contributed by atoms with E-state index in [9.17, 15) is 0 Å². The van der Waals surface area contributed by atoms with E-state index in [0.717, 1.165) is 23.5 Å². The molecule has 0 N–H and O–H groups in total. The van der Waals surface area contributed by atoms with Crippen molar-refractivity contribution in [3.8, 4) is 11.5 Å². The summed E-state index contributed by atoms with van der Waals surface area (Å²) < 4.78 is 10.7. The fourth-order valence-corrected chi connectivity index (χ4v) is 1.18. The van der Waals surface area contributed by atoms with Crippen LogP contribution in [-0.4, -0.2) is 13.7 Å². The molecule has 0 aliphatic carbocycles. The van der Waals surface area contributed by atoms with Gasteiger partial charge in [-0.3, -0.25) is 0 Å². The van der Waals surface area contributed by atoms with Crippen LogP contribution in [0.4, 0.5) is 0 Å². The van der Waals surface area contributed by atoms with E-state index in [2.05, 4.69) is 6.58 Å². The number of ether oxygens (including phenoxy) is 2. The van der Waals surface area contributed by atoms with Gasteiger partial charge in [0.05, 0.1) is 13.7 Å². The summed E-state index contributed by atoms with van der Waals surface area (Å²) in [6.45, 7) is 6.32. The van der Waals surface area contributed by atoms with Gasteiger partial charge in [0.25, 0.3) is 0 Å². The highest BCUT2D eigenvalue weighted by molar-refractivity contribution is 5.37. The zero-order chi connectivity index (χ0) is 10.4. The predicted molar refractivity (Wildman–Crippen MR) is 58.0 cm³/mol. The third-order valence-corrected chi connectivity index (χ3v) is 1.85. The van der Waals surface area contributed by atoms with Crippen LogP contribution in [0.25, 0.3) is 0 Å². The Morgan fingerprint density at radius 1 is 1.29 bits per heavy atom. The molecule has 0 saturated heterocycles. The molecule has 0 unspecified atom stereocenters. The van der Waals surface area contributed by atoms with Gasteiger partial charge >= 0.3 is 0 Å². The second-order valence-corrected chi connectivity index (χ2v) is 3.11. The van der Waals surface area contributed by atoms with E-state index in [-0.39, 0.29) is 0 Å². The SMILES string of the molecule is C=CCCOc1cc(C)cc(OC)c1. The molecule has 1 aromatic rings. The standard InChI is InChI=1S/C12H16O2/c1-4-5-6-14-12-8-10(2)7-11(9-12)13-3/h4,7-9H,1,5-6H2,2-3H3. The van der Waals surface area contributed by atoms with Gasteiger partial charge in [0, 0.05) is 6.07 Å². The van der Waals surface area contributed by atoms with E-state index in [0.29, 0.717) is 6.61 Å². The van der Waals surface area contributed by atoms with Crippen molar-refractivity contribution < 1.29 is 9.47 Å². The number of benzene rings is 1. The van der Waals surface area contributed by atoms with Gasteiger partial charge in [-0.15, -0.1) is 6.58 Å². The summed E-state index contributed by atoms with van der Waals surface area (Å²) in [5.41, 5.74) is 1.14. The first-order valence-electron chi connectivity index (χ1n) is 4.65. The zero-order valence-electron chi connectivity index (χ0n) is 8.75. The van der Waals surface area contributed by atoms with E-state index in [1.54, 1.807) is 7.11 Å². The topological polar surface area (TPSA) is 18.5 Å². The first-order valence-corrected chi connectivity index (χ1v) is 4.65. The van der Waals surface area contributed by atoms with Crippen molar-refractivity contribution in [2.45, 2.75) is 13.3 Å². The normalized spacial score (nSPS) is 9.57. The molecule has 0 aliphatic rings. The Kier molecular flexibility index (Phi) is 4.05. The molecule has 0 fully saturated rings. The fraction of sp³-hybridized carbons (Fsp3) is 0.333. The summed E-state index contributed by atoms with van der Waals surface area (Å²) >= 11 is 0. The van der Waals surface area contributed by atoms with Crippen molar-refractivity contribution in [3.63, 3.8) is 0 Å². The summed E-state index contributed by atoms with van der Waals surface area (Å²) in [4.78, 5) is 0. The second-order valence-electron chi connectivity index (χ2n) is 3.11. The highest BCUT2D eigenvalue weighted by Gasteiger charge is 1.98. The van der Waals surface area contributed by atoms with Crippen molar-refractivity contribution in [3.05, 3.63) is 36.4 Å². The lowest BCUT2D eigenvalue weighted by Gasteiger charge is -2.07. The Morgan fingerprint density at radius 2 is 2.00 bits per heavy atom. The van der Waals surface area contributed by atoms with Gasteiger partial charge < -0.3 is 9.47 Å². The molecule has 76 valence electrons. The van der Waals surface area contributed by atoms with Crippen molar-refractivity contribution in [2.75, 3.05) is 13.7 Å². The van der Waals surface area contributed by atoms with Gasteiger partial charge in [-0.05, 0) is 31.0 Å². The van der Waals surface area contributed by atoms with Crippen LogP contribution >= 0.6 is 0 Å². The zero-order valence-corrected chi connectivity index (χ0v) is 8.75. The van der Waals surface area contributed by atoms with Gasteiger partial charge in [-0.2, -0.15) is 0 Å². The molecule has 2 heteroatoms. The number of hydrogen-bond donors (Lipinski definition) is 0. The molecule has 0 aromatic heterocycles. The van der Waals surface area contributed by atoms with Gasteiger partial charge in [-0.25, -0.2) is 0 Å². The first-order chi connectivity index (χ1) is 6.76. The maximum Gasteiger partial charge on any atom is 0.123 e. The van der Waals surface area contributed by atoms with E-state index >= 15 is 0 Å². The maximum absolute atomic E-state index is 5.52. The molecule has 0 radical (unpaired) electrons. The molecule has 2 nitrogen and oxygen atoms in total. The van der Waals surface area contributed by atoms with E-state index < -0.39 is 0 Å². The van der Waals surface area contributed by atoms with Crippen molar-refractivity contribution in [2.24, 2.45) is 0 Å². The highest BCUT2D eigenvalue weighted by atomic mass is 16.5. The summed E-state index contributed by atoms with van der Waals surface area (Å²) in [5.74, 6) is 1.68. The number of aryl methyl sites for hydroxylation is 1. The molecule has 0 amide bonds. The largest absolute Gasteiger partial charge is 0.497 e. The Balaban J connectivity index is 2.66. The third kappa shape index (κ3) is 3.13. The minimum atomic E-state index is 0.663. The van der Waals surface area contributed by atoms with Gasteiger partial charge in [0.15, 0.2) is 0 Å². The van der Waals surface area contributed by atoms with Crippen LogP contribution < -0.4 is 9.47 Å². The quantitative estimate of drug-likeness (QED) is 0.527. The monoisotopic (exact) mass is 192 g/mol. The van der Waals surface area contributed by atoms with Crippen LogP contribution in [0.3, 0.4) is 0 Å². The molecule has 14 heavy (non-hydrogen) atoms. The van der Waals surface area contributed by atoms with Gasteiger partial charge in [0.1, 0.15) is 11.5 Å². The Hall–Kier alpha value is -1.44. The van der Waals surface area contributed by atoms with E-state index in [1.165, 1.54) is 0 Å². The van der Waals surface area contributed by atoms with Crippen LogP contribution in [0.5, 0.6) is 11.5 Å². The molecule has 1 rings (SSSR count). The average molecular weight is 192 g/mol. The van der Waals surface area contributed by atoms with E-state index in [1.807, 2.05) is 31.2 Å². The Labute approximate surface area is 85.2 Å². The highest BCUT2D eigenvalue weighted by Crippen LogP contribution is 2.22. The number of hydrogen-bond acceptors (Lipinski definition) is 2. The molecule has 0 bridgehead atoms. The molecule has 0 atom stereocenters. The summed E-state index contributed by atoms with van der Waals surface area (Å²) in [5, 5.41) is 0. The second kappa shape index (κ2) is 5.32. The minimum Gasteiger partial charge on any atom is -0.497 e. The van der Waals surface area contributed by atoms with Gasteiger partial charge in [0.2, 0.25) is 0 Å². The van der Waals surface area contributed by atoms with Crippen LogP contribution in [0.2, 0.25) is 0 Å². The smallest absolute Gasteiger partial charge is 0.123 e. The molecule has 1 aromatic carbocycles. The first kappa shape index (κ1) is 10.6. The summed E-state index contributed by atoms with van der Waals surface area (Å²) in [6, 6.07) is 5.85. The molecular formula is C12H16O2. The van der Waals surface area contributed by atoms with Crippen molar-refractivity contribution in [1.29, 1.82) is 0 Å². The molecule has 0 spiro atoms. The minimum absolute atomic E-state index is 0.663. The van der Waals surface area contributed by atoms with Crippen LogP contribution in [0.15, 0.2) is 30.9 Å². The lowest BCUT2D eigenvalue weighted by molar-refractivity contribution is 0.321. The lowest BCUT2D eigenvalue weighted by Crippen LogP contribution is -1.96. The fourth-order valence-electron chi connectivity index (χ4n) is 1.18. The summed E-state index contributed by atoms with van der Waals surface area (Å²) in [7, 11) is 1.66. The lowest BCUT2D eigenvalue weighted by atomic mass is 10.2. The maximum atomic E-state index is 5.52. The molecule has 0 saturated carbocycles. The third-order valence-electron chi connectivity index (χ3n) is 1.85. The van der Waals surface area contributed by atoms with E-state index in [4.69, 9.17) is 9.47 Å². The van der Waals surface area contributed by atoms with Crippen LogP contribution in [0, 0.1) is 6.92 Å². The average Bonchev–Trinajstić information content (AvgIpc) is 2.17. The Morgan fingerprint density at radius 3 is 2.64 bits per heavy atom. The summed E-state index contributed by atoms with van der Waals surface area (Å²) in [6.07, 6.45) is 2.70. The van der Waals surface area contributed by atoms with Crippen LogP contribution in [0.1, 0.15) is 12.0 Å².